The highest BCUT2D eigenvalue weighted by Gasteiger charge is 2.32. The predicted octanol–water partition coefficient (Wildman–Crippen LogP) is 4.36. The number of benzene rings is 1. The summed E-state index contributed by atoms with van der Waals surface area (Å²) in [6.45, 7) is -0.138. The Morgan fingerprint density at radius 2 is 2.03 bits per heavy atom. The van der Waals surface area contributed by atoms with Crippen LogP contribution < -0.4 is 10.1 Å². The van der Waals surface area contributed by atoms with E-state index in [2.05, 4.69) is 20.5 Å². The highest BCUT2D eigenvalue weighted by atomic mass is 35.5. The molecule has 0 aliphatic carbocycles. The quantitative estimate of drug-likeness (QED) is 0.502. The van der Waals surface area contributed by atoms with E-state index in [1.807, 2.05) is 0 Å². The van der Waals surface area contributed by atoms with Crippen LogP contribution in [-0.4, -0.2) is 40.3 Å². The van der Waals surface area contributed by atoms with Gasteiger partial charge in [-0.25, -0.2) is 4.39 Å². The van der Waals surface area contributed by atoms with Crippen LogP contribution in [0.4, 0.5) is 17.6 Å². The molecule has 1 aliphatic heterocycles. The first-order valence-corrected chi connectivity index (χ1v) is 10.4. The average molecular weight is 501 g/mol. The van der Waals surface area contributed by atoms with Gasteiger partial charge in [-0.2, -0.15) is 13.2 Å². The maximum absolute atomic E-state index is 13.4. The molecule has 0 saturated carbocycles. The number of hydrogen-bond acceptors (Lipinski definition) is 7. The molecule has 1 saturated heterocycles. The van der Waals surface area contributed by atoms with Crippen molar-refractivity contribution in [3.05, 3.63) is 59.0 Å². The standard InChI is InChI=1S/C21H17ClF4N4O4/c22-14-4-3-13(7-15(14)23)32-10-18(31)28-12-2-5-16(33-9-12)20-30-29-19(34-20)11-1-6-17(27-8-11)21(24,25)26/h1,3-4,6-8,12,16H,2,5,9-10H2,(H,28,31)/t12-,16-/m0/s1. The van der Waals surface area contributed by atoms with Crippen molar-refractivity contribution >= 4 is 17.5 Å². The molecule has 0 unspecified atom stereocenters. The molecule has 0 radical (unpaired) electrons. The van der Waals surface area contributed by atoms with Crippen LogP contribution in [0.25, 0.3) is 11.5 Å². The molecule has 4 rings (SSSR count). The van der Waals surface area contributed by atoms with Gasteiger partial charge in [-0.15, -0.1) is 10.2 Å². The first kappa shape index (κ1) is 23.9. The Morgan fingerprint density at radius 3 is 2.68 bits per heavy atom. The molecule has 1 amide bonds. The number of nitrogens with one attached hydrogen (secondary N) is 1. The summed E-state index contributed by atoms with van der Waals surface area (Å²) >= 11 is 5.60. The lowest BCUT2D eigenvalue weighted by Gasteiger charge is -2.27. The summed E-state index contributed by atoms with van der Waals surface area (Å²) < 4.78 is 67.9. The van der Waals surface area contributed by atoms with Gasteiger partial charge < -0.3 is 19.2 Å². The second-order valence-corrected chi connectivity index (χ2v) is 7.81. The van der Waals surface area contributed by atoms with E-state index in [0.717, 1.165) is 18.3 Å². The number of carbonyl (C=O) groups excluding carboxylic acids is 1. The molecule has 0 bridgehead atoms. The minimum absolute atomic E-state index is 0.0195. The first-order chi connectivity index (χ1) is 16.2. The summed E-state index contributed by atoms with van der Waals surface area (Å²) in [5.41, 5.74) is -0.779. The van der Waals surface area contributed by atoms with E-state index in [-0.39, 0.29) is 47.4 Å². The smallest absolute Gasteiger partial charge is 0.433 e. The Labute approximate surface area is 195 Å². The largest absolute Gasteiger partial charge is 0.484 e. The molecule has 34 heavy (non-hydrogen) atoms. The normalized spacial score (nSPS) is 18.5. The molecule has 0 spiro atoms. The van der Waals surface area contributed by atoms with Crippen molar-refractivity contribution in [2.24, 2.45) is 0 Å². The minimum atomic E-state index is -4.54. The number of nitrogens with zero attached hydrogens (tertiary/aromatic N) is 3. The Kier molecular flexibility index (Phi) is 6.98. The molecular weight excluding hydrogens is 484 g/mol. The molecule has 13 heteroatoms. The molecular formula is C21H17ClF4N4O4. The molecule has 8 nitrogen and oxygen atoms in total. The lowest BCUT2D eigenvalue weighted by molar-refractivity contribution is -0.141. The monoisotopic (exact) mass is 500 g/mol. The van der Waals surface area contributed by atoms with E-state index >= 15 is 0 Å². The summed E-state index contributed by atoms with van der Waals surface area (Å²) in [4.78, 5) is 15.5. The van der Waals surface area contributed by atoms with Gasteiger partial charge in [0.05, 0.1) is 23.2 Å². The molecule has 2 atom stereocenters. The zero-order valence-electron chi connectivity index (χ0n) is 17.3. The van der Waals surface area contributed by atoms with E-state index in [1.54, 1.807) is 0 Å². The molecule has 2 aromatic heterocycles. The van der Waals surface area contributed by atoms with Crippen molar-refractivity contribution in [2.75, 3.05) is 13.2 Å². The number of hydrogen-bond donors (Lipinski definition) is 1. The van der Waals surface area contributed by atoms with Crippen molar-refractivity contribution in [2.45, 2.75) is 31.2 Å². The number of amides is 1. The van der Waals surface area contributed by atoms with Gasteiger partial charge in [0.2, 0.25) is 11.8 Å². The van der Waals surface area contributed by atoms with E-state index in [0.29, 0.717) is 12.8 Å². The van der Waals surface area contributed by atoms with Crippen LogP contribution in [0.5, 0.6) is 5.75 Å². The molecule has 1 N–H and O–H groups in total. The molecule has 1 fully saturated rings. The van der Waals surface area contributed by atoms with Crippen LogP contribution in [0.15, 0.2) is 40.9 Å². The van der Waals surface area contributed by atoms with Crippen LogP contribution >= 0.6 is 11.6 Å². The van der Waals surface area contributed by atoms with Crippen molar-refractivity contribution < 1.29 is 36.2 Å². The number of pyridine rings is 1. The summed E-state index contributed by atoms with van der Waals surface area (Å²) in [5.74, 6) is -0.686. The summed E-state index contributed by atoms with van der Waals surface area (Å²) in [6, 6.07) is 5.61. The van der Waals surface area contributed by atoms with Crippen molar-refractivity contribution in [1.29, 1.82) is 0 Å². The first-order valence-electron chi connectivity index (χ1n) is 10.0. The number of carbonyl (C=O) groups is 1. The zero-order chi connectivity index (χ0) is 24.3. The van der Waals surface area contributed by atoms with E-state index < -0.39 is 29.7 Å². The lowest BCUT2D eigenvalue weighted by atomic mass is 10.0. The van der Waals surface area contributed by atoms with Crippen molar-refractivity contribution in [3.8, 4) is 17.2 Å². The number of halogens is 5. The van der Waals surface area contributed by atoms with Crippen LogP contribution in [0.1, 0.15) is 30.5 Å². The van der Waals surface area contributed by atoms with Gasteiger partial charge in [0.25, 0.3) is 5.91 Å². The van der Waals surface area contributed by atoms with Gasteiger partial charge in [0, 0.05) is 12.3 Å². The SMILES string of the molecule is O=C(COc1ccc(Cl)c(F)c1)N[C@H]1CC[C@@H](c2nnc(-c3ccc(C(F)(F)F)nc3)o2)OC1. The van der Waals surface area contributed by atoms with Gasteiger partial charge in [0.15, 0.2) is 6.61 Å². The maximum Gasteiger partial charge on any atom is 0.433 e. The number of ether oxygens (including phenoxy) is 2. The topological polar surface area (TPSA) is 99.4 Å². The summed E-state index contributed by atoms with van der Waals surface area (Å²) in [6.07, 6.45) is -3.05. The predicted molar refractivity (Wildman–Crippen MR) is 109 cm³/mol. The summed E-state index contributed by atoms with van der Waals surface area (Å²) in [5, 5.41) is 10.5. The summed E-state index contributed by atoms with van der Waals surface area (Å²) in [7, 11) is 0. The molecule has 1 aromatic carbocycles. The third-order valence-electron chi connectivity index (χ3n) is 4.92. The third kappa shape index (κ3) is 5.81. The Morgan fingerprint density at radius 1 is 1.21 bits per heavy atom. The highest BCUT2D eigenvalue weighted by molar-refractivity contribution is 6.30. The fourth-order valence-corrected chi connectivity index (χ4v) is 3.33. The zero-order valence-corrected chi connectivity index (χ0v) is 18.1. The molecule has 1 aliphatic rings. The van der Waals surface area contributed by atoms with Gasteiger partial charge >= 0.3 is 6.18 Å². The van der Waals surface area contributed by atoms with Crippen LogP contribution in [0.2, 0.25) is 5.02 Å². The number of rotatable bonds is 6. The second kappa shape index (κ2) is 9.94. The van der Waals surface area contributed by atoms with Crippen molar-refractivity contribution in [1.82, 2.24) is 20.5 Å². The molecule has 180 valence electrons. The Hall–Kier alpha value is -3.25. The lowest BCUT2D eigenvalue weighted by Crippen LogP contribution is -2.43. The second-order valence-electron chi connectivity index (χ2n) is 7.40. The van der Waals surface area contributed by atoms with Gasteiger partial charge in [-0.05, 0) is 37.1 Å². The van der Waals surface area contributed by atoms with Gasteiger partial charge in [0.1, 0.15) is 23.4 Å². The van der Waals surface area contributed by atoms with E-state index in [9.17, 15) is 22.4 Å². The Bertz CT molecular complexity index is 1150. The minimum Gasteiger partial charge on any atom is -0.484 e. The maximum atomic E-state index is 13.4. The van der Waals surface area contributed by atoms with E-state index in [1.165, 1.54) is 18.2 Å². The molecule has 3 aromatic rings. The van der Waals surface area contributed by atoms with Gasteiger partial charge in [-0.3, -0.25) is 9.78 Å². The number of aromatic nitrogens is 3. The fourth-order valence-electron chi connectivity index (χ4n) is 3.21. The van der Waals surface area contributed by atoms with E-state index in [4.69, 9.17) is 25.5 Å². The third-order valence-corrected chi connectivity index (χ3v) is 5.23. The van der Waals surface area contributed by atoms with Crippen LogP contribution in [0, 0.1) is 5.82 Å². The van der Waals surface area contributed by atoms with Crippen molar-refractivity contribution in [3.63, 3.8) is 0 Å². The van der Waals surface area contributed by atoms with Crippen LogP contribution in [0.3, 0.4) is 0 Å². The van der Waals surface area contributed by atoms with Gasteiger partial charge in [-0.1, -0.05) is 11.6 Å². The number of alkyl halides is 3. The molecule has 3 heterocycles. The van der Waals surface area contributed by atoms with Crippen LogP contribution in [-0.2, 0) is 15.7 Å². The highest BCUT2D eigenvalue weighted by Crippen LogP contribution is 2.31. The average Bonchev–Trinajstić information content (AvgIpc) is 3.30. The Balaban J connectivity index is 1.26. The fraction of sp³-hybridized carbons (Fsp3) is 0.333.